The lowest BCUT2D eigenvalue weighted by Crippen LogP contribution is -2.54. The highest BCUT2D eigenvalue weighted by atomic mass is 32.2. The first-order chi connectivity index (χ1) is 6.13. The van der Waals surface area contributed by atoms with E-state index in [4.69, 9.17) is 4.42 Å². The molecule has 1 atom stereocenters. The van der Waals surface area contributed by atoms with Crippen LogP contribution in [0.5, 0.6) is 0 Å². The minimum atomic E-state index is 0.119. The summed E-state index contributed by atoms with van der Waals surface area (Å²) in [6, 6.07) is 0.119. The average molecular weight is 202 g/mol. The number of nitrogens with zero attached hydrogens (tertiary/aromatic N) is 2. The van der Waals surface area contributed by atoms with Crippen LogP contribution >= 0.6 is 11.8 Å². The van der Waals surface area contributed by atoms with Gasteiger partial charge in [-0.25, -0.2) is 0 Å². The summed E-state index contributed by atoms with van der Waals surface area (Å²) in [6.45, 7) is 4.31. The van der Waals surface area contributed by atoms with E-state index < -0.39 is 0 Å². The molecule has 1 aromatic rings. The van der Waals surface area contributed by atoms with Crippen LogP contribution in [0.25, 0.3) is 0 Å². The first kappa shape index (κ1) is 10.5. The maximum absolute atomic E-state index is 5.37. The van der Waals surface area contributed by atoms with E-state index in [9.17, 15) is 0 Å². The van der Waals surface area contributed by atoms with Crippen LogP contribution in [0, 0.1) is 5.92 Å². The Bertz CT molecular complexity index is 262. The van der Waals surface area contributed by atoms with Crippen LogP contribution in [-0.4, -0.2) is 16.5 Å². The number of hydrogen-bond donors (Lipinski definition) is 1. The van der Waals surface area contributed by atoms with Crippen LogP contribution in [-0.2, 0) is 0 Å². The highest BCUT2D eigenvalue weighted by Gasteiger charge is 2.18. The smallest absolute Gasteiger partial charge is 0.276 e. The lowest BCUT2D eigenvalue weighted by molar-refractivity contribution is -0.435. The SMILES string of the molecule is CSc1nnc([C@@H]([NH3+])CC(C)C)o1. The van der Waals surface area contributed by atoms with Crippen molar-refractivity contribution in [2.45, 2.75) is 31.5 Å². The molecule has 74 valence electrons. The topological polar surface area (TPSA) is 66.6 Å². The van der Waals surface area contributed by atoms with Crippen molar-refractivity contribution in [2.24, 2.45) is 5.92 Å². The largest absolute Gasteiger partial charge is 0.410 e. The molecule has 0 unspecified atom stereocenters. The van der Waals surface area contributed by atoms with Gasteiger partial charge in [-0.3, -0.25) is 0 Å². The Balaban J connectivity index is 2.60. The monoisotopic (exact) mass is 202 g/mol. The molecule has 1 rings (SSSR count). The van der Waals surface area contributed by atoms with Gasteiger partial charge in [0.15, 0.2) is 6.04 Å². The number of rotatable bonds is 4. The molecule has 0 fully saturated rings. The van der Waals surface area contributed by atoms with Gasteiger partial charge in [-0.1, -0.05) is 25.6 Å². The second kappa shape index (κ2) is 4.62. The van der Waals surface area contributed by atoms with Crippen molar-refractivity contribution >= 4 is 11.8 Å². The Morgan fingerprint density at radius 2 is 2.15 bits per heavy atom. The summed E-state index contributed by atoms with van der Waals surface area (Å²) in [5, 5.41) is 8.43. The number of aromatic nitrogens is 2. The van der Waals surface area contributed by atoms with E-state index in [1.54, 1.807) is 0 Å². The molecule has 0 bridgehead atoms. The third-order valence-electron chi connectivity index (χ3n) is 1.70. The van der Waals surface area contributed by atoms with Crippen molar-refractivity contribution in [3.05, 3.63) is 5.89 Å². The van der Waals surface area contributed by atoms with Gasteiger partial charge in [-0.15, -0.1) is 10.2 Å². The van der Waals surface area contributed by atoms with Gasteiger partial charge in [0.2, 0.25) is 0 Å². The molecule has 0 saturated heterocycles. The van der Waals surface area contributed by atoms with Gasteiger partial charge in [0.1, 0.15) is 0 Å². The number of hydrogen-bond acceptors (Lipinski definition) is 4. The molecule has 1 aromatic heterocycles. The second-order valence-corrected chi connectivity index (χ2v) is 4.19. The van der Waals surface area contributed by atoms with Gasteiger partial charge in [0, 0.05) is 6.42 Å². The molecular formula is C8H16N3OS+. The summed E-state index contributed by atoms with van der Waals surface area (Å²) in [5.41, 5.74) is 3.99. The summed E-state index contributed by atoms with van der Waals surface area (Å²) in [6.07, 6.45) is 2.90. The van der Waals surface area contributed by atoms with E-state index in [0.29, 0.717) is 17.0 Å². The van der Waals surface area contributed by atoms with E-state index in [1.807, 2.05) is 6.26 Å². The highest BCUT2D eigenvalue weighted by molar-refractivity contribution is 7.98. The van der Waals surface area contributed by atoms with Crippen LogP contribution in [0.1, 0.15) is 32.2 Å². The third-order valence-corrected chi connectivity index (χ3v) is 2.22. The Morgan fingerprint density at radius 3 is 2.62 bits per heavy atom. The molecule has 5 heteroatoms. The standard InChI is InChI=1S/C8H15N3OS/c1-5(2)4-6(9)7-10-11-8(12-7)13-3/h5-6H,4,9H2,1-3H3/p+1/t6-/m0/s1. The molecule has 0 aliphatic rings. The quantitative estimate of drug-likeness (QED) is 0.743. The predicted molar refractivity (Wildman–Crippen MR) is 51.2 cm³/mol. The lowest BCUT2D eigenvalue weighted by Gasteiger charge is -2.05. The first-order valence-corrected chi connectivity index (χ1v) is 5.56. The fourth-order valence-electron chi connectivity index (χ4n) is 1.14. The lowest BCUT2D eigenvalue weighted by atomic mass is 10.1. The molecule has 0 amide bonds. The zero-order valence-electron chi connectivity index (χ0n) is 8.28. The van der Waals surface area contributed by atoms with Gasteiger partial charge in [0.05, 0.1) is 0 Å². The molecule has 0 aliphatic carbocycles. The Morgan fingerprint density at radius 1 is 1.46 bits per heavy atom. The molecule has 0 aliphatic heterocycles. The van der Waals surface area contributed by atoms with Crippen molar-refractivity contribution in [3.8, 4) is 0 Å². The van der Waals surface area contributed by atoms with Crippen molar-refractivity contribution in [1.82, 2.24) is 10.2 Å². The van der Waals surface area contributed by atoms with Crippen LogP contribution in [0.2, 0.25) is 0 Å². The number of thioether (sulfide) groups is 1. The second-order valence-electron chi connectivity index (χ2n) is 3.44. The zero-order valence-corrected chi connectivity index (χ0v) is 9.10. The van der Waals surface area contributed by atoms with Crippen LogP contribution in [0.4, 0.5) is 0 Å². The minimum Gasteiger partial charge on any atom is -0.410 e. The zero-order chi connectivity index (χ0) is 9.84. The van der Waals surface area contributed by atoms with Crippen molar-refractivity contribution < 1.29 is 10.2 Å². The summed E-state index contributed by atoms with van der Waals surface area (Å²) in [5.74, 6) is 1.25. The van der Waals surface area contributed by atoms with E-state index >= 15 is 0 Å². The Hall–Kier alpha value is -0.550. The van der Waals surface area contributed by atoms with Crippen molar-refractivity contribution in [3.63, 3.8) is 0 Å². The highest BCUT2D eigenvalue weighted by Crippen LogP contribution is 2.19. The van der Waals surface area contributed by atoms with E-state index in [1.165, 1.54) is 11.8 Å². The molecule has 4 nitrogen and oxygen atoms in total. The normalized spacial score (nSPS) is 13.6. The molecule has 13 heavy (non-hydrogen) atoms. The van der Waals surface area contributed by atoms with Crippen molar-refractivity contribution in [2.75, 3.05) is 6.26 Å². The fraction of sp³-hybridized carbons (Fsp3) is 0.750. The maximum atomic E-state index is 5.37. The van der Waals surface area contributed by atoms with E-state index in [2.05, 4.69) is 29.8 Å². The van der Waals surface area contributed by atoms with Crippen LogP contribution in [0.15, 0.2) is 9.64 Å². The average Bonchev–Trinajstić information content (AvgIpc) is 2.50. The minimum absolute atomic E-state index is 0.119. The van der Waals surface area contributed by atoms with Crippen molar-refractivity contribution in [1.29, 1.82) is 0 Å². The molecule has 0 radical (unpaired) electrons. The summed E-state index contributed by atoms with van der Waals surface area (Å²) < 4.78 is 5.37. The molecule has 0 aromatic carbocycles. The summed E-state index contributed by atoms with van der Waals surface area (Å²) >= 11 is 1.46. The first-order valence-electron chi connectivity index (χ1n) is 4.34. The van der Waals surface area contributed by atoms with E-state index in [0.717, 1.165) is 6.42 Å². The van der Waals surface area contributed by atoms with Gasteiger partial charge < -0.3 is 10.2 Å². The van der Waals surface area contributed by atoms with Crippen LogP contribution < -0.4 is 5.73 Å². The fourth-order valence-corrected chi connectivity index (χ4v) is 1.43. The third kappa shape index (κ3) is 3.00. The predicted octanol–water partition coefficient (Wildman–Crippen LogP) is 1.12. The molecule has 0 spiro atoms. The maximum Gasteiger partial charge on any atom is 0.276 e. The number of quaternary nitrogens is 1. The summed E-state index contributed by atoms with van der Waals surface area (Å²) in [4.78, 5) is 0. The Labute approximate surface area is 82.3 Å². The Kier molecular flexibility index (Phi) is 3.74. The summed E-state index contributed by atoms with van der Waals surface area (Å²) in [7, 11) is 0. The molecule has 1 heterocycles. The van der Waals surface area contributed by atoms with Gasteiger partial charge in [-0.2, -0.15) is 0 Å². The van der Waals surface area contributed by atoms with Gasteiger partial charge >= 0.3 is 0 Å². The molecule has 3 N–H and O–H groups in total. The molecular weight excluding hydrogens is 186 g/mol. The van der Waals surface area contributed by atoms with Crippen LogP contribution in [0.3, 0.4) is 0 Å². The van der Waals surface area contributed by atoms with Gasteiger partial charge in [-0.05, 0) is 12.2 Å². The molecule has 0 saturated carbocycles. The van der Waals surface area contributed by atoms with Gasteiger partial charge in [0.25, 0.3) is 11.1 Å². The van der Waals surface area contributed by atoms with E-state index in [-0.39, 0.29) is 6.04 Å².